The number of aromatic nitrogens is 4. The van der Waals surface area contributed by atoms with Crippen molar-refractivity contribution < 1.29 is 0 Å². The molecule has 1 aromatic carbocycles. The molecule has 3 aromatic heterocycles. The lowest BCUT2D eigenvalue weighted by Crippen LogP contribution is -2.29. The van der Waals surface area contributed by atoms with Crippen LogP contribution in [0.5, 0.6) is 0 Å². The third kappa shape index (κ3) is 3.15. The SMILES string of the molecule is Nc1ncc(-c2cnn(C3CCNCC3)c2)cc1-c1nc2c(Cl)cccc2s1. The topological polar surface area (TPSA) is 81.6 Å². The second-order valence-corrected chi connectivity index (χ2v) is 8.39. The van der Waals surface area contributed by atoms with Crippen molar-refractivity contribution in [2.24, 2.45) is 0 Å². The number of anilines is 1. The summed E-state index contributed by atoms with van der Waals surface area (Å²) in [6.07, 6.45) is 7.98. The highest BCUT2D eigenvalue weighted by Crippen LogP contribution is 2.37. The summed E-state index contributed by atoms with van der Waals surface area (Å²) in [5.74, 6) is 0.463. The Morgan fingerprint density at radius 1 is 1.18 bits per heavy atom. The van der Waals surface area contributed by atoms with E-state index in [0.717, 1.165) is 57.8 Å². The molecule has 8 heteroatoms. The average Bonchev–Trinajstić information content (AvgIpc) is 3.37. The van der Waals surface area contributed by atoms with Gasteiger partial charge in [-0.05, 0) is 44.1 Å². The molecule has 0 bridgehead atoms. The van der Waals surface area contributed by atoms with Gasteiger partial charge >= 0.3 is 0 Å². The monoisotopic (exact) mass is 410 g/mol. The Kier molecular flexibility index (Phi) is 4.50. The molecule has 28 heavy (non-hydrogen) atoms. The van der Waals surface area contributed by atoms with Crippen LogP contribution in [0, 0.1) is 0 Å². The van der Waals surface area contributed by atoms with E-state index in [1.807, 2.05) is 30.5 Å². The van der Waals surface area contributed by atoms with E-state index in [0.29, 0.717) is 16.9 Å². The van der Waals surface area contributed by atoms with Gasteiger partial charge in [0, 0.05) is 23.5 Å². The summed E-state index contributed by atoms with van der Waals surface area (Å²) in [4.78, 5) is 9.11. The minimum Gasteiger partial charge on any atom is -0.383 e. The van der Waals surface area contributed by atoms with Gasteiger partial charge in [-0.15, -0.1) is 11.3 Å². The van der Waals surface area contributed by atoms with Crippen LogP contribution in [0.25, 0.3) is 31.9 Å². The van der Waals surface area contributed by atoms with Crippen molar-refractivity contribution >= 4 is 39.0 Å². The number of pyridine rings is 1. The van der Waals surface area contributed by atoms with Crippen molar-refractivity contribution in [3.63, 3.8) is 0 Å². The van der Waals surface area contributed by atoms with Crippen LogP contribution in [0.2, 0.25) is 5.02 Å². The molecule has 0 spiro atoms. The summed E-state index contributed by atoms with van der Waals surface area (Å²) in [5.41, 5.74) is 9.81. The quantitative estimate of drug-likeness (QED) is 0.523. The molecule has 0 saturated carbocycles. The highest BCUT2D eigenvalue weighted by molar-refractivity contribution is 7.21. The molecule has 4 heterocycles. The molecule has 142 valence electrons. The molecule has 0 unspecified atom stereocenters. The zero-order chi connectivity index (χ0) is 19.1. The number of hydrogen-bond acceptors (Lipinski definition) is 6. The van der Waals surface area contributed by atoms with E-state index >= 15 is 0 Å². The Morgan fingerprint density at radius 3 is 2.86 bits per heavy atom. The Labute approximate surface area is 171 Å². The molecule has 4 aromatic rings. The number of nitrogens with zero attached hydrogens (tertiary/aromatic N) is 4. The van der Waals surface area contributed by atoms with Crippen LogP contribution in [0.1, 0.15) is 18.9 Å². The second kappa shape index (κ2) is 7.16. The van der Waals surface area contributed by atoms with Gasteiger partial charge in [0.05, 0.1) is 27.5 Å². The number of piperidine rings is 1. The number of benzene rings is 1. The summed E-state index contributed by atoms with van der Waals surface area (Å²) in [5, 5.41) is 9.44. The maximum Gasteiger partial charge on any atom is 0.133 e. The predicted octanol–water partition coefficient (Wildman–Crippen LogP) is 4.38. The molecular weight excluding hydrogens is 392 g/mol. The first-order valence-electron chi connectivity index (χ1n) is 9.25. The van der Waals surface area contributed by atoms with Crippen molar-refractivity contribution in [3.05, 3.63) is 47.9 Å². The van der Waals surface area contributed by atoms with Gasteiger partial charge in [0.1, 0.15) is 16.3 Å². The molecular formula is C20H19ClN6S. The van der Waals surface area contributed by atoms with E-state index < -0.39 is 0 Å². The maximum atomic E-state index is 6.28. The van der Waals surface area contributed by atoms with Crippen LogP contribution >= 0.6 is 22.9 Å². The van der Waals surface area contributed by atoms with E-state index in [-0.39, 0.29) is 0 Å². The first-order chi connectivity index (χ1) is 13.7. The molecule has 3 N–H and O–H groups in total. The lowest BCUT2D eigenvalue weighted by Gasteiger charge is -2.22. The summed E-state index contributed by atoms with van der Waals surface area (Å²) < 4.78 is 3.11. The zero-order valence-electron chi connectivity index (χ0n) is 15.1. The highest BCUT2D eigenvalue weighted by Gasteiger charge is 2.17. The van der Waals surface area contributed by atoms with Crippen LogP contribution in [-0.4, -0.2) is 32.8 Å². The second-order valence-electron chi connectivity index (χ2n) is 6.95. The third-order valence-corrected chi connectivity index (χ3v) is 6.50. The van der Waals surface area contributed by atoms with Gasteiger partial charge in [0.2, 0.25) is 0 Å². The molecule has 1 aliphatic heterocycles. The Balaban J connectivity index is 1.52. The molecule has 1 fully saturated rings. The van der Waals surface area contributed by atoms with Crippen LogP contribution in [-0.2, 0) is 0 Å². The minimum absolute atomic E-state index is 0.447. The van der Waals surface area contributed by atoms with Crippen molar-refractivity contribution in [2.75, 3.05) is 18.8 Å². The number of halogens is 1. The average molecular weight is 411 g/mol. The number of nitrogens with one attached hydrogen (secondary N) is 1. The van der Waals surface area contributed by atoms with Crippen molar-refractivity contribution in [1.82, 2.24) is 25.1 Å². The highest BCUT2D eigenvalue weighted by atomic mass is 35.5. The number of rotatable bonds is 3. The molecule has 5 rings (SSSR count). The standard InChI is InChI=1S/C20H19ClN6S/c21-16-2-1-3-17-18(16)26-20(28-17)15-8-12(9-24-19(15)22)13-10-25-27(11-13)14-4-6-23-7-5-14/h1-3,8-11,14,23H,4-7H2,(H2,22,24). The minimum atomic E-state index is 0.447. The summed E-state index contributed by atoms with van der Waals surface area (Å²) >= 11 is 7.85. The van der Waals surface area contributed by atoms with Gasteiger partial charge in [-0.25, -0.2) is 9.97 Å². The van der Waals surface area contributed by atoms with Crippen molar-refractivity contribution in [1.29, 1.82) is 0 Å². The van der Waals surface area contributed by atoms with Gasteiger partial charge in [0.25, 0.3) is 0 Å². The first-order valence-corrected chi connectivity index (χ1v) is 10.4. The maximum absolute atomic E-state index is 6.28. The van der Waals surface area contributed by atoms with Gasteiger partial charge in [0.15, 0.2) is 0 Å². The Bertz CT molecular complexity index is 1140. The van der Waals surface area contributed by atoms with Gasteiger partial charge in [-0.3, -0.25) is 4.68 Å². The van der Waals surface area contributed by atoms with E-state index in [9.17, 15) is 0 Å². The smallest absolute Gasteiger partial charge is 0.133 e. The molecule has 0 atom stereocenters. The van der Waals surface area contributed by atoms with E-state index in [1.54, 1.807) is 17.5 Å². The molecule has 0 aliphatic carbocycles. The Morgan fingerprint density at radius 2 is 2.04 bits per heavy atom. The van der Waals surface area contributed by atoms with Crippen LogP contribution in [0.4, 0.5) is 5.82 Å². The van der Waals surface area contributed by atoms with Crippen LogP contribution in [0.3, 0.4) is 0 Å². The summed E-state index contributed by atoms with van der Waals surface area (Å²) in [7, 11) is 0. The number of nitrogen functional groups attached to an aromatic ring is 1. The van der Waals surface area contributed by atoms with E-state index in [1.165, 1.54) is 0 Å². The number of nitrogens with two attached hydrogens (primary N) is 1. The van der Waals surface area contributed by atoms with E-state index in [2.05, 4.69) is 26.3 Å². The summed E-state index contributed by atoms with van der Waals surface area (Å²) in [6, 6.07) is 8.28. The molecule has 0 radical (unpaired) electrons. The Hall–Kier alpha value is -2.48. The number of para-hydroxylation sites is 1. The number of fused-ring (bicyclic) bond motifs is 1. The van der Waals surface area contributed by atoms with E-state index in [4.69, 9.17) is 22.3 Å². The lowest BCUT2D eigenvalue weighted by atomic mass is 10.1. The zero-order valence-corrected chi connectivity index (χ0v) is 16.7. The predicted molar refractivity (Wildman–Crippen MR) is 115 cm³/mol. The number of hydrogen-bond donors (Lipinski definition) is 2. The van der Waals surface area contributed by atoms with Gasteiger partial charge in [-0.2, -0.15) is 5.10 Å². The fourth-order valence-electron chi connectivity index (χ4n) is 3.59. The normalized spacial score (nSPS) is 15.3. The van der Waals surface area contributed by atoms with Crippen LogP contribution in [0.15, 0.2) is 42.9 Å². The largest absolute Gasteiger partial charge is 0.383 e. The molecule has 0 amide bonds. The molecule has 1 aliphatic rings. The van der Waals surface area contributed by atoms with Crippen molar-refractivity contribution in [2.45, 2.75) is 18.9 Å². The van der Waals surface area contributed by atoms with Gasteiger partial charge in [-0.1, -0.05) is 17.7 Å². The van der Waals surface area contributed by atoms with Crippen molar-refractivity contribution in [3.8, 4) is 21.7 Å². The molecule has 1 saturated heterocycles. The third-order valence-electron chi connectivity index (χ3n) is 5.14. The fraction of sp³-hybridized carbons (Fsp3) is 0.250. The first kappa shape index (κ1) is 17.6. The fourth-order valence-corrected chi connectivity index (χ4v) is 4.88. The molecule has 6 nitrogen and oxygen atoms in total. The van der Waals surface area contributed by atoms with Crippen LogP contribution < -0.4 is 11.1 Å². The lowest BCUT2D eigenvalue weighted by molar-refractivity contribution is 0.343. The number of thiazole rings is 1. The summed E-state index contributed by atoms with van der Waals surface area (Å²) in [6.45, 7) is 2.07. The van der Waals surface area contributed by atoms with Gasteiger partial charge < -0.3 is 11.1 Å².